The normalized spacial score (nSPS) is 10.9. The standard InChI is InChI=1S/C14H17BrN2S/c1-4-11-14(15)12(17(3)16-11)9-18-13-8-6-5-7-10(13)2/h5-8H,4,9H2,1-3H3. The molecule has 0 aliphatic rings. The molecule has 1 heterocycles. The third-order valence-electron chi connectivity index (χ3n) is 2.96. The lowest BCUT2D eigenvalue weighted by Crippen LogP contribution is -1.97. The van der Waals surface area contributed by atoms with Gasteiger partial charge in [-0.15, -0.1) is 11.8 Å². The molecule has 4 heteroatoms. The number of aromatic nitrogens is 2. The van der Waals surface area contributed by atoms with Crippen LogP contribution >= 0.6 is 27.7 Å². The number of hydrogen-bond donors (Lipinski definition) is 0. The summed E-state index contributed by atoms with van der Waals surface area (Å²) >= 11 is 5.52. The molecule has 1 aromatic heterocycles. The predicted molar refractivity (Wildman–Crippen MR) is 81.0 cm³/mol. The van der Waals surface area contributed by atoms with Crippen molar-refractivity contribution in [1.29, 1.82) is 0 Å². The number of benzene rings is 1. The van der Waals surface area contributed by atoms with Crippen LogP contribution in [0.2, 0.25) is 0 Å². The zero-order chi connectivity index (χ0) is 13.1. The van der Waals surface area contributed by atoms with E-state index < -0.39 is 0 Å². The molecular weight excluding hydrogens is 308 g/mol. The molecule has 0 bridgehead atoms. The molecule has 96 valence electrons. The molecule has 0 spiro atoms. The predicted octanol–water partition coefficient (Wildman–Crippen LogP) is 4.35. The van der Waals surface area contributed by atoms with Gasteiger partial charge in [-0.2, -0.15) is 5.10 Å². The molecule has 0 amide bonds. The smallest absolute Gasteiger partial charge is 0.0767 e. The fourth-order valence-corrected chi connectivity index (χ4v) is 3.88. The van der Waals surface area contributed by atoms with Gasteiger partial charge in [-0.1, -0.05) is 25.1 Å². The number of hydrogen-bond acceptors (Lipinski definition) is 2. The topological polar surface area (TPSA) is 17.8 Å². The number of thioether (sulfide) groups is 1. The van der Waals surface area contributed by atoms with Crippen LogP contribution in [0.5, 0.6) is 0 Å². The maximum atomic E-state index is 4.52. The number of halogens is 1. The largest absolute Gasteiger partial charge is 0.270 e. The SMILES string of the molecule is CCc1nn(C)c(CSc2ccccc2C)c1Br. The van der Waals surface area contributed by atoms with E-state index in [0.29, 0.717) is 0 Å². The molecule has 0 atom stereocenters. The van der Waals surface area contributed by atoms with E-state index in [1.54, 1.807) is 0 Å². The summed E-state index contributed by atoms with van der Waals surface area (Å²) in [6, 6.07) is 8.49. The van der Waals surface area contributed by atoms with Gasteiger partial charge in [0.05, 0.1) is 15.9 Å². The Bertz CT molecular complexity index is 549. The maximum absolute atomic E-state index is 4.52. The van der Waals surface area contributed by atoms with E-state index in [4.69, 9.17) is 0 Å². The Hall–Kier alpha value is -0.740. The zero-order valence-corrected chi connectivity index (χ0v) is 13.3. The molecule has 0 unspecified atom stereocenters. The highest BCUT2D eigenvalue weighted by Gasteiger charge is 2.12. The number of rotatable bonds is 4. The van der Waals surface area contributed by atoms with E-state index in [1.165, 1.54) is 16.2 Å². The lowest BCUT2D eigenvalue weighted by Gasteiger charge is -2.06. The van der Waals surface area contributed by atoms with Crippen molar-refractivity contribution < 1.29 is 0 Å². The Morgan fingerprint density at radius 2 is 2.06 bits per heavy atom. The minimum Gasteiger partial charge on any atom is -0.270 e. The Balaban J connectivity index is 2.16. The van der Waals surface area contributed by atoms with Gasteiger partial charge in [0, 0.05) is 17.7 Å². The lowest BCUT2D eigenvalue weighted by atomic mass is 10.2. The minimum absolute atomic E-state index is 0.939. The average Bonchev–Trinajstić information content (AvgIpc) is 2.64. The molecule has 18 heavy (non-hydrogen) atoms. The Morgan fingerprint density at radius 3 is 2.67 bits per heavy atom. The lowest BCUT2D eigenvalue weighted by molar-refractivity contribution is 0.719. The first-order valence-electron chi connectivity index (χ1n) is 6.02. The van der Waals surface area contributed by atoms with Gasteiger partial charge in [0.1, 0.15) is 0 Å². The summed E-state index contributed by atoms with van der Waals surface area (Å²) in [6.07, 6.45) is 0.962. The molecule has 2 aromatic rings. The molecule has 0 N–H and O–H groups in total. The van der Waals surface area contributed by atoms with Crippen molar-refractivity contribution in [3.8, 4) is 0 Å². The van der Waals surface area contributed by atoms with Crippen LogP contribution in [-0.4, -0.2) is 9.78 Å². The van der Waals surface area contributed by atoms with Crippen molar-refractivity contribution in [1.82, 2.24) is 9.78 Å². The van der Waals surface area contributed by atoms with Gasteiger partial charge in [-0.25, -0.2) is 0 Å². The van der Waals surface area contributed by atoms with Gasteiger partial charge in [-0.3, -0.25) is 4.68 Å². The summed E-state index contributed by atoms with van der Waals surface area (Å²) in [7, 11) is 2.01. The molecule has 0 fully saturated rings. The van der Waals surface area contributed by atoms with Gasteiger partial charge in [-0.05, 0) is 40.9 Å². The minimum atomic E-state index is 0.939. The van der Waals surface area contributed by atoms with Crippen molar-refractivity contribution in [2.24, 2.45) is 7.05 Å². The second-order valence-corrected chi connectivity index (χ2v) is 6.05. The van der Waals surface area contributed by atoms with E-state index in [0.717, 1.165) is 22.3 Å². The molecule has 1 aromatic carbocycles. The third kappa shape index (κ3) is 2.81. The molecular formula is C14H17BrN2S. The van der Waals surface area contributed by atoms with Crippen LogP contribution in [0.25, 0.3) is 0 Å². The summed E-state index contributed by atoms with van der Waals surface area (Å²) in [4.78, 5) is 1.34. The third-order valence-corrected chi connectivity index (χ3v) is 5.06. The van der Waals surface area contributed by atoms with Crippen LogP contribution < -0.4 is 0 Å². The molecule has 0 saturated heterocycles. The molecule has 0 radical (unpaired) electrons. The maximum Gasteiger partial charge on any atom is 0.0767 e. The quantitative estimate of drug-likeness (QED) is 0.778. The first kappa shape index (κ1) is 13.7. The highest BCUT2D eigenvalue weighted by atomic mass is 79.9. The highest BCUT2D eigenvalue weighted by Crippen LogP contribution is 2.30. The van der Waals surface area contributed by atoms with Crippen LogP contribution in [0, 0.1) is 6.92 Å². The van der Waals surface area contributed by atoms with E-state index >= 15 is 0 Å². The van der Waals surface area contributed by atoms with E-state index in [9.17, 15) is 0 Å². The highest BCUT2D eigenvalue weighted by molar-refractivity contribution is 9.10. The fraction of sp³-hybridized carbons (Fsp3) is 0.357. The van der Waals surface area contributed by atoms with Crippen LogP contribution in [0.4, 0.5) is 0 Å². The van der Waals surface area contributed by atoms with Crippen molar-refractivity contribution in [3.05, 3.63) is 45.7 Å². The van der Waals surface area contributed by atoms with E-state index in [1.807, 2.05) is 23.5 Å². The summed E-state index contributed by atoms with van der Waals surface area (Å²) in [6.45, 7) is 4.28. The Labute approximate surface area is 121 Å². The van der Waals surface area contributed by atoms with E-state index in [2.05, 4.69) is 59.1 Å². The van der Waals surface area contributed by atoms with Crippen molar-refractivity contribution in [3.63, 3.8) is 0 Å². The molecule has 0 saturated carbocycles. The van der Waals surface area contributed by atoms with E-state index in [-0.39, 0.29) is 0 Å². The van der Waals surface area contributed by atoms with Gasteiger partial charge >= 0.3 is 0 Å². The average molecular weight is 325 g/mol. The van der Waals surface area contributed by atoms with Crippen molar-refractivity contribution in [2.45, 2.75) is 30.9 Å². The molecule has 2 nitrogen and oxygen atoms in total. The van der Waals surface area contributed by atoms with Gasteiger partial charge in [0.2, 0.25) is 0 Å². The number of nitrogens with zero attached hydrogens (tertiary/aromatic N) is 2. The first-order chi connectivity index (χ1) is 8.63. The zero-order valence-electron chi connectivity index (χ0n) is 10.9. The van der Waals surface area contributed by atoms with Crippen LogP contribution in [0.15, 0.2) is 33.6 Å². The second kappa shape index (κ2) is 5.93. The fourth-order valence-electron chi connectivity index (χ4n) is 1.84. The Morgan fingerprint density at radius 1 is 1.33 bits per heavy atom. The number of aryl methyl sites for hydroxylation is 3. The molecule has 0 aliphatic heterocycles. The van der Waals surface area contributed by atoms with Gasteiger partial charge in [0.25, 0.3) is 0 Å². The first-order valence-corrected chi connectivity index (χ1v) is 7.80. The summed E-state index contributed by atoms with van der Waals surface area (Å²) in [5, 5.41) is 4.52. The molecule has 0 aliphatic carbocycles. The Kier molecular flexibility index (Phi) is 4.51. The second-order valence-electron chi connectivity index (χ2n) is 4.24. The summed E-state index contributed by atoms with van der Waals surface area (Å²) in [5.41, 5.74) is 3.72. The van der Waals surface area contributed by atoms with Crippen LogP contribution in [-0.2, 0) is 19.2 Å². The molecule has 2 rings (SSSR count). The van der Waals surface area contributed by atoms with Gasteiger partial charge in [0.15, 0.2) is 0 Å². The van der Waals surface area contributed by atoms with Gasteiger partial charge < -0.3 is 0 Å². The summed E-state index contributed by atoms with van der Waals surface area (Å²) in [5.74, 6) is 0.939. The monoisotopic (exact) mass is 324 g/mol. The van der Waals surface area contributed by atoms with Crippen molar-refractivity contribution in [2.75, 3.05) is 0 Å². The van der Waals surface area contributed by atoms with Crippen LogP contribution in [0.1, 0.15) is 23.9 Å². The summed E-state index contributed by atoms with van der Waals surface area (Å²) < 4.78 is 3.14. The van der Waals surface area contributed by atoms with Crippen molar-refractivity contribution >= 4 is 27.7 Å². The van der Waals surface area contributed by atoms with Crippen LogP contribution in [0.3, 0.4) is 0 Å².